The third kappa shape index (κ3) is 9.17. The molecule has 52 valence electrons. The van der Waals surface area contributed by atoms with Crippen molar-refractivity contribution in [2.75, 3.05) is 14.2 Å². The monoisotopic (exact) mass is 206 g/mol. The van der Waals surface area contributed by atoms with Gasteiger partial charge in [0.15, 0.2) is 0 Å². The van der Waals surface area contributed by atoms with Crippen LogP contribution in [0.3, 0.4) is 0 Å². The van der Waals surface area contributed by atoms with Gasteiger partial charge in [0.2, 0.25) is 0 Å². The van der Waals surface area contributed by atoms with Crippen LogP contribution in [0.25, 0.3) is 0 Å². The van der Waals surface area contributed by atoms with Crippen molar-refractivity contribution >= 4 is 23.1 Å². The van der Waals surface area contributed by atoms with Crippen molar-refractivity contribution in [3.05, 3.63) is 6.92 Å². The third-order valence-electron chi connectivity index (χ3n) is 0.761. The van der Waals surface area contributed by atoms with Crippen LogP contribution in [-0.2, 0) is 9.47 Å². The Hall–Kier alpha value is 1.17. The molecule has 0 rings (SSSR count). The van der Waals surface area contributed by atoms with Crippen molar-refractivity contribution in [2.24, 2.45) is 0 Å². The van der Waals surface area contributed by atoms with E-state index in [1.165, 1.54) is 0 Å². The minimum Gasteiger partial charge on any atom is -1.00 e. The number of methoxy groups -OCH3 is 2. The quantitative estimate of drug-likeness (QED) is 0.288. The van der Waals surface area contributed by atoms with Crippen molar-refractivity contribution in [1.29, 1.82) is 0 Å². The zero-order valence-corrected chi connectivity index (χ0v) is 8.89. The molecule has 0 N–H and O–H groups in total. The smallest absolute Gasteiger partial charge is 1.00 e. The van der Waals surface area contributed by atoms with Gasteiger partial charge in [0.05, 0.1) is 0 Å². The topological polar surface area (TPSA) is 18.5 Å². The molecular formula is C5H11BrMgO2. The van der Waals surface area contributed by atoms with Gasteiger partial charge in [-0.15, -0.1) is 6.42 Å². The molecule has 0 bridgehead atoms. The summed E-state index contributed by atoms with van der Waals surface area (Å²) in [6.45, 7) is 3.58. The molecule has 0 atom stereocenters. The molecule has 0 heterocycles. The van der Waals surface area contributed by atoms with E-state index in [0.717, 1.165) is 0 Å². The molecule has 9 heavy (non-hydrogen) atoms. The second-order valence-electron chi connectivity index (χ2n) is 1.19. The molecule has 0 radical (unpaired) electrons. The molecule has 2 nitrogen and oxygen atoms in total. The standard InChI is InChI=1S/C5H11O2.BrH.Mg/c1-4-5(6-2)7-3;;/h5H,1,4H2,2-3H3;1H;/q-1;;+2/p-1. The van der Waals surface area contributed by atoms with Gasteiger partial charge in [0, 0.05) is 14.2 Å². The predicted octanol–water partition coefficient (Wildman–Crippen LogP) is -2.55. The average Bonchev–Trinajstić information content (AvgIpc) is 1.72. The van der Waals surface area contributed by atoms with Gasteiger partial charge in [-0.25, -0.2) is 0 Å². The largest absolute Gasteiger partial charge is 2.00 e. The van der Waals surface area contributed by atoms with Gasteiger partial charge in [-0.2, -0.15) is 0 Å². The van der Waals surface area contributed by atoms with Gasteiger partial charge in [0.1, 0.15) is 6.29 Å². The molecule has 0 fully saturated rings. The van der Waals surface area contributed by atoms with Crippen LogP contribution in [0.2, 0.25) is 0 Å². The Kier molecular flexibility index (Phi) is 22.0. The molecular weight excluding hydrogens is 196 g/mol. The molecule has 0 aromatic carbocycles. The van der Waals surface area contributed by atoms with Crippen molar-refractivity contribution < 1.29 is 26.5 Å². The van der Waals surface area contributed by atoms with Crippen LogP contribution in [0.15, 0.2) is 0 Å². The molecule has 0 saturated carbocycles. The van der Waals surface area contributed by atoms with E-state index in [1.54, 1.807) is 14.2 Å². The maximum atomic E-state index is 4.76. The third-order valence-corrected chi connectivity index (χ3v) is 0.761. The maximum Gasteiger partial charge on any atom is 2.00 e. The minimum absolute atomic E-state index is 0. The normalized spacial score (nSPS) is 8.00. The fourth-order valence-electron chi connectivity index (χ4n) is 0.332. The number of rotatable bonds is 3. The Labute approximate surface area is 83.2 Å². The van der Waals surface area contributed by atoms with Crippen molar-refractivity contribution in [1.82, 2.24) is 0 Å². The summed E-state index contributed by atoms with van der Waals surface area (Å²) in [6, 6.07) is 0. The van der Waals surface area contributed by atoms with E-state index in [2.05, 4.69) is 6.92 Å². The first-order valence-corrected chi connectivity index (χ1v) is 2.20. The van der Waals surface area contributed by atoms with Crippen LogP contribution >= 0.6 is 0 Å². The fraction of sp³-hybridized carbons (Fsp3) is 0.800. The number of hydrogen-bond donors (Lipinski definition) is 0. The SMILES string of the molecule is [Br-].[CH2-]CC(OC)OC.[Mg+2]. The zero-order chi connectivity index (χ0) is 5.70. The summed E-state index contributed by atoms with van der Waals surface area (Å²) < 4.78 is 9.53. The molecule has 0 aliphatic heterocycles. The molecule has 0 spiro atoms. The van der Waals surface area contributed by atoms with Crippen molar-refractivity contribution in [3.8, 4) is 0 Å². The molecule has 0 aliphatic rings. The molecule has 0 unspecified atom stereocenters. The summed E-state index contributed by atoms with van der Waals surface area (Å²) in [5.74, 6) is 0. The second kappa shape index (κ2) is 11.9. The van der Waals surface area contributed by atoms with Gasteiger partial charge >= 0.3 is 23.1 Å². The molecule has 0 amide bonds. The number of hydrogen-bond acceptors (Lipinski definition) is 2. The summed E-state index contributed by atoms with van der Waals surface area (Å²) >= 11 is 0. The van der Waals surface area contributed by atoms with E-state index < -0.39 is 0 Å². The summed E-state index contributed by atoms with van der Waals surface area (Å²) in [5, 5.41) is 0. The Bertz CT molecular complexity index is 36.4. The Morgan fingerprint density at radius 1 is 1.33 bits per heavy atom. The minimum atomic E-state index is -0.125. The first-order chi connectivity index (χ1) is 3.35. The molecule has 0 aliphatic carbocycles. The molecule has 0 aromatic heterocycles. The van der Waals surface area contributed by atoms with Gasteiger partial charge in [0.25, 0.3) is 0 Å². The van der Waals surface area contributed by atoms with Crippen molar-refractivity contribution in [3.63, 3.8) is 0 Å². The number of ether oxygens (including phenoxy) is 2. The summed E-state index contributed by atoms with van der Waals surface area (Å²) in [7, 11) is 3.19. The van der Waals surface area contributed by atoms with Gasteiger partial charge < -0.3 is 33.4 Å². The van der Waals surface area contributed by atoms with Crippen LogP contribution in [0.1, 0.15) is 6.42 Å². The van der Waals surface area contributed by atoms with E-state index in [9.17, 15) is 0 Å². The maximum absolute atomic E-state index is 4.76. The van der Waals surface area contributed by atoms with E-state index >= 15 is 0 Å². The van der Waals surface area contributed by atoms with Crippen LogP contribution in [-0.4, -0.2) is 43.6 Å². The summed E-state index contributed by atoms with van der Waals surface area (Å²) in [5.41, 5.74) is 0. The van der Waals surface area contributed by atoms with Crippen LogP contribution in [0, 0.1) is 6.92 Å². The van der Waals surface area contributed by atoms with Gasteiger partial charge in [-0.1, -0.05) is 0 Å². The average molecular weight is 207 g/mol. The van der Waals surface area contributed by atoms with Crippen LogP contribution in [0.5, 0.6) is 0 Å². The van der Waals surface area contributed by atoms with E-state index in [0.29, 0.717) is 6.42 Å². The molecule has 0 saturated heterocycles. The Morgan fingerprint density at radius 3 is 1.67 bits per heavy atom. The first-order valence-electron chi connectivity index (χ1n) is 2.20. The second-order valence-corrected chi connectivity index (χ2v) is 1.19. The van der Waals surface area contributed by atoms with Crippen molar-refractivity contribution in [2.45, 2.75) is 12.7 Å². The molecule has 4 heteroatoms. The van der Waals surface area contributed by atoms with Gasteiger partial charge in [-0.3, -0.25) is 0 Å². The fourth-order valence-corrected chi connectivity index (χ4v) is 0.332. The predicted molar refractivity (Wildman–Crippen MR) is 33.5 cm³/mol. The summed E-state index contributed by atoms with van der Waals surface area (Å²) in [4.78, 5) is 0. The Morgan fingerprint density at radius 2 is 1.67 bits per heavy atom. The van der Waals surface area contributed by atoms with Gasteiger partial charge in [-0.05, 0) is 0 Å². The first kappa shape index (κ1) is 16.6. The summed E-state index contributed by atoms with van der Waals surface area (Å²) in [6.07, 6.45) is 0.535. The number of halogens is 1. The van der Waals surface area contributed by atoms with Crippen LogP contribution in [0.4, 0.5) is 0 Å². The van der Waals surface area contributed by atoms with Crippen LogP contribution < -0.4 is 17.0 Å². The van der Waals surface area contributed by atoms with E-state index in [4.69, 9.17) is 9.47 Å². The zero-order valence-electron chi connectivity index (χ0n) is 5.89. The molecule has 0 aromatic rings. The van der Waals surface area contributed by atoms with E-state index in [1.807, 2.05) is 0 Å². The van der Waals surface area contributed by atoms with E-state index in [-0.39, 0.29) is 46.3 Å². The Balaban J connectivity index is -0.000000180.